The van der Waals surface area contributed by atoms with Gasteiger partial charge >= 0.3 is 6.09 Å². The van der Waals surface area contributed by atoms with Crippen LogP contribution in [0.15, 0.2) is 42.5 Å². The number of amides is 1. The van der Waals surface area contributed by atoms with Crippen LogP contribution in [0.3, 0.4) is 0 Å². The summed E-state index contributed by atoms with van der Waals surface area (Å²) in [6, 6.07) is 14.2. The molecule has 2 aromatic carbocycles. The molecule has 1 atom stereocenters. The SMILES string of the molecule is COCOc1cccc(-c2ccc3c(c2)CC2(CC2)C3NC(=O)O)c1. The summed E-state index contributed by atoms with van der Waals surface area (Å²) in [7, 11) is 1.60. The molecule has 0 aromatic heterocycles. The first-order valence-corrected chi connectivity index (χ1v) is 8.46. The minimum absolute atomic E-state index is 0.0783. The van der Waals surface area contributed by atoms with Crippen LogP contribution in [0.25, 0.3) is 11.1 Å². The van der Waals surface area contributed by atoms with Crippen LogP contribution in [0, 0.1) is 5.41 Å². The van der Waals surface area contributed by atoms with E-state index in [1.807, 2.05) is 18.2 Å². The molecule has 1 unspecified atom stereocenters. The lowest BCUT2D eigenvalue weighted by molar-refractivity contribution is 0.0511. The molecule has 0 bridgehead atoms. The Morgan fingerprint density at radius 3 is 2.76 bits per heavy atom. The molecule has 1 fully saturated rings. The number of carbonyl (C=O) groups is 1. The number of fused-ring (bicyclic) bond motifs is 1. The fraction of sp³-hybridized carbons (Fsp3) is 0.350. The van der Waals surface area contributed by atoms with Gasteiger partial charge in [0.1, 0.15) is 5.75 Å². The van der Waals surface area contributed by atoms with Crippen LogP contribution < -0.4 is 10.1 Å². The number of nitrogens with one attached hydrogen (secondary N) is 1. The average Bonchev–Trinajstić information content (AvgIpc) is 3.32. The number of methoxy groups -OCH3 is 1. The molecule has 5 heteroatoms. The number of carboxylic acid groups (broad SMARTS) is 1. The molecule has 0 aliphatic heterocycles. The minimum Gasteiger partial charge on any atom is -0.468 e. The summed E-state index contributed by atoms with van der Waals surface area (Å²) >= 11 is 0. The second kappa shape index (κ2) is 6.08. The van der Waals surface area contributed by atoms with E-state index in [1.165, 1.54) is 5.56 Å². The standard InChI is InChI=1S/C20H21NO4/c1-24-12-25-16-4-2-3-13(10-16)14-5-6-17-15(9-14)11-20(7-8-20)18(17)21-19(22)23/h2-6,9-10,18,21H,7-8,11-12H2,1H3,(H,22,23). The highest BCUT2D eigenvalue weighted by atomic mass is 16.7. The number of hydrogen-bond acceptors (Lipinski definition) is 3. The van der Waals surface area contributed by atoms with Crippen LogP contribution in [0.2, 0.25) is 0 Å². The van der Waals surface area contributed by atoms with Gasteiger partial charge in [0, 0.05) is 7.11 Å². The molecule has 2 aliphatic carbocycles. The summed E-state index contributed by atoms with van der Waals surface area (Å²) in [5, 5.41) is 11.9. The zero-order valence-electron chi connectivity index (χ0n) is 14.1. The molecule has 0 radical (unpaired) electrons. The Morgan fingerprint density at radius 2 is 2.04 bits per heavy atom. The number of rotatable bonds is 5. The van der Waals surface area contributed by atoms with E-state index in [4.69, 9.17) is 14.6 Å². The summed E-state index contributed by atoms with van der Waals surface area (Å²) in [6.07, 6.45) is 2.17. The Bertz CT molecular complexity index is 813. The Morgan fingerprint density at radius 1 is 1.24 bits per heavy atom. The molecule has 0 saturated heterocycles. The molecular formula is C20H21NO4. The van der Waals surface area contributed by atoms with Gasteiger partial charge in [-0.3, -0.25) is 0 Å². The largest absolute Gasteiger partial charge is 0.468 e. The maximum Gasteiger partial charge on any atom is 0.405 e. The molecule has 2 N–H and O–H groups in total. The summed E-state index contributed by atoms with van der Waals surface area (Å²) in [5.74, 6) is 0.768. The van der Waals surface area contributed by atoms with Gasteiger partial charge in [0.15, 0.2) is 6.79 Å². The topological polar surface area (TPSA) is 67.8 Å². The molecule has 2 aromatic rings. The van der Waals surface area contributed by atoms with Gasteiger partial charge < -0.3 is 19.9 Å². The summed E-state index contributed by atoms with van der Waals surface area (Å²) in [4.78, 5) is 11.2. The lowest BCUT2D eigenvalue weighted by Crippen LogP contribution is -2.30. The first kappa shape index (κ1) is 16.0. The van der Waals surface area contributed by atoms with Crippen molar-refractivity contribution < 1.29 is 19.4 Å². The van der Waals surface area contributed by atoms with E-state index in [1.54, 1.807) is 7.11 Å². The molecule has 25 heavy (non-hydrogen) atoms. The molecule has 0 heterocycles. The smallest absolute Gasteiger partial charge is 0.405 e. The van der Waals surface area contributed by atoms with Crippen LogP contribution in [0.5, 0.6) is 5.75 Å². The van der Waals surface area contributed by atoms with Crippen LogP contribution in [-0.4, -0.2) is 25.1 Å². The van der Waals surface area contributed by atoms with Crippen LogP contribution in [0.1, 0.15) is 30.0 Å². The fourth-order valence-corrected chi connectivity index (χ4v) is 3.90. The first-order valence-electron chi connectivity index (χ1n) is 8.46. The van der Waals surface area contributed by atoms with E-state index in [9.17, 15) is 4.79 Å². The number of hydrogen-bond donors (Lipinski definition) is 2. The predicted molar refractivity (Wildman–Crippen MR) is 93.7 cm³/mol. The third kappa shape index (κ3) is 2.96. The maximum absolute atomic E-state index is 11.2. The highest BCUT2D eigenvalue weighted by Gasteiger charge is 2.55. The predicted octanol–water partition coefficient (Wildman–Crippen LogP) is 3.98. The molecule has 2 aliphatic rings. The fourth-order valence-electron chi connectivity index (χ4n) is 3.90. The lowest BCUT2D eigenvalue weighted by atomic mass is 9.97. The molecule has 1 spiro atoms. The average molecular weight is 339 g/mol. The third-order valence-electron chi connectivity index (χ3n) is 5.28. The van der Waals surface area contributed by atoms with E-state index < -0.39 is 6.09 Å². The van der Waals surface area contributed by atoms with E-state index >= 15 is 0 Å². The molecular weight excluding hydrogens is 318 g/mol. The zero-order valence-corrected chi connectivity index (χ0v) is 14.1. The Labute approximate surface area is 146 Å². The second-order valence-electron chi connectivity index (χ2n) is 6.91. The monoisotopic (exact) mass is 339 g/mol. The summed E-state index contributed by atoms with van der Waals surface area (Å²) in [5.41, 5.74) is 4.67. The van der Waals surface area contributed by atoms with Crippen molar-refractivity contribution in [3.63, 3.8) is 0 Å². The van der Waals surface area contributed by atoms with E-state index in [-0.39, 0.29) is 18.2 Å². The first-order chi connectivity index (χ1) is 12.1. The highest BCUT2D eigenvalue weighted by Crippen LogP contribution is 2.62. The second-order valence-corrected chi connectivity index (χ2v) is 6.91. The Hall–Kier alpha value is -2.53. The van der Waals surface area contributed by atoms with Gasteiger partial charge in [0.2, 0.25) is 0 Å². The highest BCUT2D eigenvalue weighted by molar-refractivity contribution is 5.69. The lowest BCUT2D eigenvalue weighted by Gasteiger charge is -2.19. The van der Waals surface area contributed by atoms with Gasteiger partial charge in [0.25, 0.3) is 0 Å². The van der Waals surface area contributed by atoms with Gasteiger partial charge in [0.05, 0.1) is 6.04 Å². The Balaban J connectivity index is 1.64. The number of ether oxygens (including phenoxy) is 2. The molecule has 5 nitrogen and oxygen atoms in total. The van der Waals surface area contributed by atoms with Crippen molar-refractivity contribution in [3.8, 4) is 16.9 Å². The van der Waals surface area contributed by atoms with Crippen molar-refractivity contribution in [2.75, 3.05) is 13.9 Å². The zero-order chi connectivity index (χ0) is 17.4. The van der Waals surface area contributed by atoms with Crippen molar-refractivity contribution in [3.05, 3.63) is 53.6 Å². The van der Waals surface area contributed by atoms with Gasteiger partial charge in [-0.2, -0.15) is 0 Å². The van der Waals surface area contributed by atoms with E-state index in [2.05, 4.69) is 29.6 Å². The van der Waals surface area contributed by atoms with Gasteiger partial charge in [-0.15, -0.1) is 0 Å². The van der Waals surface area contributed by atoms with Crippen molar-refractivity contribution in [1.29, 1.82) is 0 Å². The van der Waals surface area contributed by atoms with Crippen molar-refractivity contribution in [2.45, 2.75) is 25.3 Å². The van der Waals surface area contributed by atoms with Crippen LogP contribution in [-0.2, 0) is 11.2 Å². The molecule has 4 rings (SSSR count). The normalized spacial score (nSPS) is 19.5. The minimum atomic E-state index is -0.948. The van der Waals surface area contributed by atoms with Gasteiger partial charge in [-0.25, -0.2) is 4.79 Å². The number of benzene rings is 2. The van der Waals surface area contributed by atoms with Crippen LogP contribution in [0.4, 0.5) is 4.79 Å². The van der Waals surface area contributed by atoms with Crippen molar-refractivity contribution in [1.82, 2.24) is 5.32 Å². The molecule has 130 valence electrons. The van der Waals surface area contributed by atoms with Gasteiger partial charge in [-0.05, 0) is 59.1 Å². The van der Waals surface area contributed by atoms with Crippen molar-refractivity contribution in [2.24, 2.45) is 5.41 Å². The van der Waals surface area contributed by atoms with Crippen LogP contribution >= 0.6 is 0 Å². The molecule has 1 saturated carbocycles. The summed E-state index contributed by atoms with van der Waals surface area (Å²) < 4.78 is 10.5. The third-order valence-corrected chi connectivity index (χ3v) is 5.28. The maximum atomic E-state index is 11.2. The van der Waals surface area contributed by atoms with E-state index in [0.29, 0.717) is 0 Å². The quantitative estimate of drug-likeness (QED) is 0.809. The Kier molecular flexibility index (Phi) is 3.88. The van der Waals surface area contributed by atoms with Gasteiger partial charge in [-0.1, -0.05) is 30.3 Å². The summed E-state index contributed by atoms with van der Waals surface area (Å²) in [6.45, 7) is 0.221. The van der Waals surface area contributed by atoms with E-state index in [0.717, 1.165) is 41.7 Å². The van der Waals surface area contributed by atoms with Crippen molar-refractivity contribution >= 4 is 6.09 Å². The molecule has 1 amide bonds.